The highest BCUT2D eigenvalue weighted by molar-refractivity contribution is 5.76. The maximum Gasteiger partial charge on any atom is 0.312 e. The Morgan fingerprint density at radius 1 is 1.36 bits per heavy atom. The van der Waals surface area contributed by atoms with E-state index in [1.165, 1.54) is 7.11 Å². The van der Waals surface area contributed by atoms with E-state index in [-0.39, 0.29) is 18.1 Å². The van der Waals surface area contributed by atoms with Crippen molar-refractivity contribution < 1.29 is 14.6 Å². The molecule has 0 fully saturated rings. The molecule has 0 rings (SSSR count). The number of rotatable bonds is 5. The first-order valence-corrected chi connectivity index (χ1v) is 4.69. The lowest BCUT2D eigenvalue weighted by Gasteiger charge is -2.29. The van der Waals surface area contributed by atoms with Crippen LogP contribution in [0.25, 0.3) is 0 Å². The Hall–Kier alpha value is -0.610. The molecular formula is C10H21NO3. The first-order valence-electron chi connectivity index (χ1n) is 4.69. The van der Waals surface area contributed by atoms with E-state index in [1.807, 2.05) is 13.8 Å². The standard InChI is InChI=1S/C10H21NO3/c1-9(2,8(13)14-5)6-11-10(3,4)7-12/h11-12H,6-7H2,1-5H3. The van der Waals surface area contributed by atoms with Crippen molar-refractivity contribution in [1.82, 2.24) is 5.32 Å². The van der Waals surface area contributed by atoms with Crippen molar-refractivity contribution >= 4 is 5.97 Å². The average molecular weight is 203 g/mol. The predicted octanol–water partition coefficient (Wildman–Crippen LogP) is 0.546. The maximum atomic E-state index is 11.3. The molecule has 0 unspecified atom stereocenters. The normalized spacial score (nSPS) is 12.7. The van der Waals surface area contributed by atoms with Crippen molar-refractivity contribution in [3.05, 3.63) is 0 Å². The van der Waals surface area contributed by atoms with Gasteiger partial charge in [-0.2, -0.15) is 0 Å². The molecule has 0 saturated carbocycles. The number of hydrogen-bond acceptors (Lipinski definition) is 4. The number of hydrogen-bond donors (Lipinski definition) is 2. The Morgan fingerprint density at radius 3 is 2.21 bits per heavy atom. The highest BCUT2D eigenvalue weighted by atomic mass is 16.5. The van der Waals surface area contributed by atoms with E-state index in [4.69, 9.17) is 5.11 Å². The van der Waals surface area contributed by atoms with Crippen LogP contribution in [0, 0.1) is 5.41 Å². The minimum Gasteiger partial charge on any atom is -0.469 e. The molecule has 14 heavy (non-hydrogen) atoms. The van der Waals surface area contributed by atoms with Crippen LogP contribution in [0.1, 0.15) is 27.7 Å². The number of carbonyl (C=O) groups is 1. The Kier molecular flexibility index (Phi) is 4.55. The summed E-state index contributed by atoms with van der Waals surface area (Å²) in [4.78, 5) is 11.3. The molecule has 0 aliphatic rings. The molecule has 0 heterocycles. The minimum atomic E-state index is -0.568. The molecule has 0 spiro atoms. The monoisotopic (exact) mass is 203 g/mol. The molecule has 0 aliphatic carbocycles. The number of aliphatic hydroxyl groups excluding tert-OH is 1. The van der Waals surface area contributed by atoms with E-state index < -0.39 is 5.41 Å². The van der Waals surface area contributed by atoms with Gasteiger partial charge in [-0.25, -0.2) is 0 Å². The third-order valence-electron chi connectivity index (χ3n) is 2.14. The van der Waals surface area contributed by atoms with Crippen molar-refractivity contribution in [3.63, 3.8) is 0 Å². The van der Waals surface area contributed by atoms with Gasteiger partial charge in [-0.1, -0.05) is 0 Å². The minimum absolute atomic E-state index is 0.0320. The molecule has 2 N–H and O–H groups in total. The smallest absolute Gasteiger partial charge is 0.312 e. The third kappa shape index (κ3) is 4.07. The van der Waals surface area contributed by atoms with Crippen molar-refractivity contribution in [2.75, 3.05) is 20.3 Å². The van der Waals surface area contributed by atoms with Crippen LogP contribution in [0.3, 0.4) is 0 Å². The molecule has 0 aromatic rings. The molecule has 0 bridgehead atoms. The Balaban J connectivity index is 4.18. The highest BCUT2D eigenvalue weighted by Crippen LogP contribution is 2.16. The summed E-state index contributed by atoms with van der Waals surface area (Å²) < 4.78 is 4.67. The number of carbonyl (C=O) groups excluding carboxylic acids is 1. The quantitative estimate of drug-likeness (QED) is 0.640. The van der Waals surface area contributed by atoms with Crippen LogP contribution < -0.4 is 5.32 Å². The fourth-order valence-electron chi connectivity index (χ4n) is 0.865. The zero-order valence-corrected chi connectivity index (χ0v) is 9.68. The van der Waals surface area contributed by atoms with Gasteiger partial charge in [-0.3, -0.25) is 4.79 Å². The van der Waals surface area contributed by atoms with Crippen LogP contribution in [-0.4, -0.2) is 36.9 Å². The lowest BCUT2D eigenvalue weighted by molar-refractivity contribution is -0.150. The third-order valence-corrected chi connectivity index (χ3v) is 2.14. The SMILES string of the molecule is COC(=O)C(C)(C)CNC(C)(C)CO. The lowest BCUT2D eigenvalue weighted by atomic mass is 9.92. The molecule has 84 valence electrons. The topological polar surface area (TPSA) is 58.6 Å². The summed E-state index contributed by atoms with van der Waals surface area (Å²) in [7, 11) is 1.38. The molecule has 0 amide bonds. The largest absolute Gasteiger partial charge is 0.469 e. The molecule has 0 saturated heterocycles. The van der Waals surface area contributed by atoms with Crippen LogP contribution in [0.15, 0.2) is 0 Å². The van der Waals surface area contributed by atoms with E-state index in [1.54, 1.807) is 13.8 Å². The Morgan fingerprint density at radius 2 is 1.86 bits per heavy atom. The zero-order chi connectivity index (χ0) is 11.4. The van der Waals surface area contributed by atoms with Crippen molar-refractivity contribution in [2.45, 2.75) is 33.2 Å². The second-order valence-corrected chi connectivity index (χ2v) is 4.77. The zero-order valence-electron chi connectivity index (χ0n) is 9.68. The van der Waals surface area contributed by atoms with E-state index in [2.05, 4.69) is 10.1 Å². The second-order valence-electron chi connectivity index (χ2n) is 4.77. The number of methoxy groups -OCH3 is 1. The highest BCUT2D eigenvalue weighted by Gasteiger charge is 2.30. The summed E-state index contributed by atoms with van der Waals surface area (Å²) >= 11 is 0. The molecule has 0 atom stereocenters. The molecular weight excluding hydrogens is 182 g/mol. The fourth-order valence-corrected chi connectivity index (χ4v) is 0.865. The van der Waals surface area contributed by atoms with Gasteiger partial charge in [-0.05, 0) is 27.7 Å². The molecule has 4 heteroatoms. The van der Waals surface area contributed by atoms with Gasteiger partial charge < -0.3 is 15.2 Å². The summed E-state index contributed by atoms with van der Waals surface area (Å²) in [5, 5.41) is 12.1. The number of ether oxygens (including phenoxy) is 1. The van der Waals surface area contributed by atoms with Gasteiger partial charge in [0.15, 0.2) is 0 Å². The second kappa shape index (κ2) is 4.75. The summed E-state index contributed by atoms with van der Waals surface area (Å²) in [6.07, 6.45) is 0. The van der Waals surface area contributed by atoms with E-state index >= 15 is 0 Å². The Bertz CT molecular complexity index is 200. The van der Waals surface area contributed by atoms with Gasteiger partial charge in [0.25, 0.3) is 0 Å². The number of aliphatic hydroxyl groups is 1. The van der Waals surface area contributed by atoms with Gasteiger partial charge in [0.05, 0.1) is 19.1 Å². The first-order chi connectivity index (χ1) is 6.25. The molecule has 0 aromatic carbocycles. The van der Waals surface area contributed by atoms with Crippen molar-refractivity contribution in [2.24, 2.45) is 5.41 Å². The first kappa shape index (κ1) is 13.4. The van der Waals surface area contributed by atoms with Crippen LogP contribution in [0.2, 0.25) is 0 Å². The number of esters is 1. The van der Waals surface area contributed by atoms with Gasteiger partial charge >= 0.3 is 5.97 Å². The van der Waals surface area contributed by atoms with E-state index in [0.717, 1.165) is 0 Å². The fraction of sp³-hybridized carbons (Fsp3) is 0.900. The summed E-state index contributed by atoms with van der Waals surface area (Å²) in [6, 6.07) is 0. The van der Waals surface area contributed by atoms with Crippen LogP contribution in [0.5, 0.6) is 0 Å². The van der Waals surface area contributed by atoms with Crippen molar-refractivity contribution in [3.8, 4) is 0 Å². The van der Waals surface area contributed by atoms with Crippen molar-refractivity contribution in [1.29, 1.82) is 0 Å². The van der Waals surface area contributed by atoms with Crippen LogP contribution >= 0.6 is 0 Å². The summed E-state index contributed by atoms with van der Waals surface area (Å²) in [5.74, 6) is -0.251. The lowest BCUT2D eigenvalue weighted by Crippen LogP contribution is -2.49. The van der Waals surface area contributed by atoms with Crippen LogP contribution in [0.4, 0.5) is 0 Å². The molecule has 0 aliphatic heterocycles. The van der Waals surface area contributed by atoms with Gasteiger partial charge in [0.1, 0.15) is 0 Å². The Labute approximate surface area is 85.6 Å². The maximum absolute atomic E-state index is 11.3. The average Bonchev–Trinajstić information content (AvgIpc) is 2.14. The summed E-state index contributed by atoms with van der Waals surface area (Å²) in [5.41, 5.74) is -0.938. The van der Waals surface area contributed by atoms with Gasteiger partial charge in [-0.15, -0.1) is 0 Å². The molecule has 4 nitrogen and oxygen atoms in total. The number of nitrogens with one attached hydrogen (secondary N) is 1. The van der Waals surface area contributed by atoms with E-state index in [9.17, 15) is 4.79 Å². The van der Waals surface area contributed by atoms with Gasteiger partial charge in [0, 0.05) is 12.1 Å². The predicted molar refractivity (Wildman–Crippen MR) is 55.0 cm³/mol. The summed E-state index contributed by atoms with van der Waals surface area (Å²) in [6.45, 7) is 7.87. The van der Waals surface area contributed by atoms with E-state index in [0.29, 0.717) is 6.54 Å². The molecule has 0 radical (unpaired) electrons. The molecule has 0 aromatic heterocycles. The van der Waals surface area contributed by atoms with Crippen LogP contribution in [-0.2, 0) is 9.53 Å². The van der Waals surface area contributed by atoms with Gasteiger partial charge in [0.2, 0.25) is 0 Å².